The van der Waals surface area contributed by atoms with Crippen molar-refractivity contribution in [3.63, 3.8) is 0 Å². The molecule has 6 heteroatoms. The number of amides is 3. The molecule has 1 saturated carbocycles. The van der Waals surface area contributed by atoms with Gasteiger partial charge in [0, 0.05) is 30.9 Å². The first kappa shape index (κ1) is 18.8. The summed E-state index contributed by atoms with van der Waals surface area (Å²) < 4.78 is 5.65. The van der Waals surface area contributed by atoms with Gasteiger partial charge in [-0.05, 0) is 49.6 Å². The number of urea groups is 1. The highest BCUT2D eigenvalue weighted by atomic mass is 16.5. The van der Waals surface area contributed by atoms with E-state index in [1.165, 1.54) is 0 Å². The normalized spacial score (nSPS) is 12.9. The Morgan fingerprint density at radius 2 is 1.89 bits per heavy atom. The molecule has 1 aliphatic rings. The van der Waals surface area contributed by atoms with Gasteiger partial charge >= 0.3 is 6.03 Å². The first-order chi connectivity index (χ1) is 13.1. The molecule has 1 aliphatic carbocycles. The highest BCUT2D eigenvalue weighted by Crippen LogP contribution is 2.19. The van der Waals surface area contributed by atoms with Gasteiger partial charge in [0.05, 0.1) is 6.61 Å². The fraction of sp³-hybridized carbons (Fsp3) is 0.333. The van der Waals surface area contributed by atoms with E-state index < -0.39 is 0 Å². The summed E-state index contributed by atoms with van der Waals surface area (Å²) in [4.78, 5) is 26.1. The predicted molar refractivity (Wildman–Crippen MR) is 105 cm³/mol. The fourth-order valence-electron chi connectivity index (χ4n) is 2.64. The molecule has 0 atom stereocenters. The van der Waals surface area contributed by atoms with Gasteiger partial charge in [-0.15, -0.1) is 0 Å². The second kappa shape index (κ2) is 9.07. The van der Waals surface area contributed by atoms with Crippen LogP contribution in [-0.2, 0) is 0 Å². The van der Waals surface area contributed by atoms with E-state index in [4.69, 9.17) is 4.74 Å². The summed E-state index contributed by atoms with van der Waals surface area (Å²) in [7, 11) is 1.77. The van der Waals surface area contributed by atoms with E-state index in [1.807, 2.05) is 30.3 Å². The molecule has 2 aromatic carbocycles. The second-order valence-corrected chi connectivity index (χ2v) is 6.70. The Labute approximate surface area is 159 Å². The molecule has 0 saturated heterocycles. The van der Waals surface area contributed by atoms with Crippen molar-refractivity contribution >= 4 is 17.6 Å². The largest absolute Gasteiger partial charge is 0.494 e. The minimum atomic E-state index is -0.228. The summed E-state index contributed by atoms with van der Waals surface area (Å²) >= 11 is 0. The van der Waals surface area contributed by atoms with Crippen molar-refractivity contribution in [3.8, 4) is 5.75 Å². The molecule has 27 heavy (non-hydrogen) atoms. The van der Waals surface area contributed by atoms with E-state index in [0.29, 0.717) is 30.4 Å². The third-order valence-electron chi connectivity index (χ3n) is 4.28. The molecule has 0 spiro atoms. The van der Waals surface area contributed by atoms with Crippen LogP contribution in [0.4, 0.5) is 10.5 Å². The molecule has 0 heterocycles. The first-order valence-electron chi connectivity index (χ1n) is 9.23. The summed E-state index contributed by atoms with van der Waals surface area (Å²) in [6.45, 7) is 1.13. The number of benzene rings is 2. The SMILES string of the molecule is CN(CCCOc1ccccc1)C(=O)c1cccc(NC(=O)NC2CC2)c1. The molecule has 142 valence electrons. The Balaban J connectivity index is 1.45. The molecular weight excluding hydrogens is 342 g/mol. The van der Waals surface area contributed by atoms with Gasteiger partial charge in [0.15, 0.2) is 0 Å². The lowest BCUT2D eigenvalue weighted by atomic mass is 10.1. The van der Waals surface area contributed by atoms with Crippen molar-refractivity contribution in [2.45, 2.75) is 25.3 Å². The zero-order valence-corrected chi connectivity index (χ0v) is 15.5. The van der Waals surface area contributed by atoms with Gasteiger partial charge in [-0.3, -0.25) is 4.79 Å². The highest BCUT2D eigenvalue weighted by molar-refractivity contribution is 5.96. The standard InChI is InChI=1S/C21H25N3O3/c1-24(13-6-14-27-19-9-3-2-4-10-19)20(25)16-7-5-8-18(15-16)23-21(26)22-17-11-12-17/h2-5,7-10,15,17H,6,11-14H2,1H3,(H2,22,23,26). The number of rotatable bonds is 8. The van der Waals surface area contributed by atoms with Gasteiger partial charge in [0.2, 0.25) is 0 Å². The van der Waals surface area contributed by atoms with Crippen LogP contribution in [0.5, 0.6) is 5.75 Å². The molecule has 0 radical (unpaired) electrons. The van der Waals surface area contributed by atoms with E-state index in [9.17, 15) is 9.59 Å². The maximum Gasteiger partial charge on any atom is 0.319 e. The predicted octanol–water partition coefficient (Wildman–Crippen LogP) is 3.51. The topological polar surface area (TPSA) is 70.7 Å². The highest BCUT2D eigenvalue weighted by Gasteiger charge is 2.23. The second-order valence-electron chi connectivity index (χ2n) is 6.70. The zero-order valence-electron chi connectivity index (χ0n) is 15.5. The Kier molecular flexibility index (Phi) is 6.30. The molecule has 1 fully saturated rings. The number of anilines is 1. The first-order valence-corrected chi connectivity index (χ1v) is 9.23. The van der Waals surface area contributed by atoms with Crippen LogP contribution in [-0.4, -0.2) is 43.1 Å². The van der Waals surface area contributed by atoms with Crippen molar-refractivity contribution < 1.29 is 14.3 Å². The number of carbonyl (C=O) groups is 2. The summed E-state index contributed by atoms with van der Waals surface area (Å²) in [6.07, 6.45) is 2.80. The van der Waals surface area contributed by atoms with Crippen LogP contribution in [0.2, 0.25) is 0 Å². The Hall–Kier alpha value is -3.02. The maximum absolute atomic E-state index is 12.6. The number of ether oxygens (including phenoxy) is 1. The van der Waals surface area contributed by atoms with Crippen LogP contribution >= 0.6 is 0 Å². The summed E-state index contributed by atoms with van der Waals surface area (Å²) in [5.74, 6) is 0.746. The van der Waals surface area contributed by atoms with Crippen LogP contribution in [0.25, 0.3) is 0 Å². The Morgan fingerprint density at radius 3 is 2.63 bits per heavy atom. The van der Waals surface area contributed by atoms with Crippen molar-refractivity contribution in [2.75, 3.05) is 25.5 Å². The van der Waals surface area contributed by atoms with Gasteiger partial charge in [-0.2, -0.15) is 0 Å². The molecule has 3 amide bonds. The number of carbonyl (C=O) groups excluding carboxylic acids is 2. The summed E-state index contributed by atoms with van der Waals surface area (Å²) in [6, 6.07) is 16.7. The number of hydrogen-bond donors (Lipinski definition) is 2. The molecule has 0 aliphatic heterocycles. The minimum Gasteiger partial charge on any atom is -0.494 e. The lowest BCUT2D eigenvalue weighted by Gasteiger charge is -2.18. The summed E-state index contributed by atoms with van der Waals surface area (Å²) in [5, 5.41) is 5.64. The van der Waals surface area contributed by atoms with Crippen LogP contribution in [0, 0.1) is 0 Å². The molecule has 0 aromatic heterocycles. The Bertz CT molecular complexity index is 775. The maximum atomic E-state index is 12.6. The molecular formula is C21H25N3O3. The number of para-hydroxylation sites is 1. The average molecular weight is 367 g/mol. The fourth-order valence-corrected chi connectivity index (χ4v) is 2.64. The van der Waals surface area contributed by atoms with Crippen LogP contribution < -0.4 is 15.4 Å². The summed E-state index contributed by atoms with van der Waals surface area (Å²) in [5.41, 5.74) is 1.16. The molecule has 2 N–H and O–H groups in total. The molecule has 0 unspecified atom stereocenters. The van der Waals surface area contributed by atoms with Crippen LogP contribution in [0.3, 0.4) is 0 Å². The minimum absolute atomic E-state index is 0.0824. The van der Waals surface area contributed by atoms with E-state index in [-0.39, 0.29) is 11.9 Å². The van der Waals surface area contributed by atoms with Crippen LogP contribution in [0.1, 0.15) is 29.6 Å². The van der Waals surface area contributed by atoms with Gasteiger partial charge < -0.3 is 20.3 Å². The monoisotopic (exact) mass is 367 g/mol. The average Bonchev–Trinajstić information content (AvgIpc) is 3.49. The number of hydrogen-bond acceptors (Lipinski definition) is 3. The number of nitrogens with zero attached hydrogens (tertiary/aromatic N) is 1. The van der Waals surface area contributed by atoms with Crippen LogP contribution in [0.15, 0.2) is 54.6 Å². The quantitative estimate of drug-likeness (QED) is 0.702. The zero-order chi connectivity index (χ0) is 19.1. The lowest BCUT2D eigenvalue weighted by molar-refractivity contribution is 0.0788. The van der Waals surface area contributed by atoms with Gasteiger partial charge in [-0.1, -0.05) is 24.3 Å². The van der Waals surface area contributed by atoms with E-state index in [1.54, 1.807) is 36.2 Å². The molecule has 3 rings (SSSR count). The van der Waals surface area contributed by atoms with Crippen molar-refractivity contribution in [3.05, 3.63) is 60.2 Å². The third kappa shape index (κ3) is 6.02. The van der Waals surface area contributed by atoms with Crippen molar-refractivity contribution in [2.24, 2.45) is 0 Å². The van der Waals surface area contributed by atoms with Gasteiger partial charge in [0.25, 0.3) is 5.91 Å². The molecule has 2 aromatic rings. The number of nitrogens with one attached hydrogen (secondary N) is 2. The van der Waals surface area contributed by atoms with E-state index in [2.05, 4.69) is 10.6 Å². The van der Waals surface area contributed by atoms with E-state index >= 15 is 0 Å². The third-order valence-corrected chi connectivity index (χ3v) is 4.28. The molecule has 0 bridgehead atoms. The molecule has 6 nitrogen and oxygen atoms in total. The lowest BCUT2D eigenvalue weighted by Crippen LogP contribution is -2.31. The smallest absolute Gasteiger partial charge is 0.319 e. The van der Waals surface area contributed by atoms with Gasteiger partial charge in [0.1, 0.15) is 5.75 Å². The van der Waals surface area contributed by atoms with Gasteiger partial charge in [-0.25, -0.2) is 4.79 Å². The van der Waals surface area contributed by atoms with E-state index in [0.717, 1.165) is 25.0 Å². The Morgan fingerprint density at radius 1 is 1.11 bits per heavy atom. The van der Waals surface area contributed by atoms with Crippen molar-refractivity contribution in [1.29, 1.82) is 0 Å². The van der Waals surface area contributed by atoms with Crippen molar-refractivity contribution in [1.82, 2.24) is 10.2 Å².